The molecule has 0 spiro atoms. The van der Waals surface area contributed by atoms with Gasteiger partial charge in [-0.1, -0.05) is 60.7 Å². The molecule has 6 nitrogen and oxygen atoms in total. The predicted octanol–water partition coefficient (Wildman–Crippen LogP) is 1.76. The summed E-state index contributed by atoms with van der Waals surface area (Å²) in [7, 11) is 0. The molecule has 2 aliphatic rings. The smallest absolute Gasteiger partial charge is 0.187 e. The Kier molecular flexibility index (Phi) is 5.31. The summed E-state index contributed by atoms with van der Waals surface area (Å²) < 4.78 is 23.1. The van der Waals surface area contributed by atoms with Gasteiger partial charge >= 0.3 is 0 Å². The molecular weight excluding hydrogens is 336 g/mol. The van der Waals surface area contributed by atoms with Crippen LogP contribution in [-0.4, -0.2) is 47.5 Å². The van der Waals surface area contributed by atoms with E-state index < -0.39 is 37.0 Å². The molecule has 2 aromatic carbocycles. The number of hydrogen-bond acceptors (Lipinski definition) is 6. The highest BCUT2D eigenvalue weighted by Gasteiger charge is 2.49. The average molecular weight is 358 g/mol. The molecule has 0 aromatic heterocycles. The molecule has 2 unspecified atom stereocenters. The fraction of sp³-hybridized carbons (Fsp3) is 0.400. The van der Waals surface area contributed by atoms with E-state index >= 15 is 0 Å². The molecule has 138 valence electrons. The van der Waals surface area contributed by atoms with Crippen LogP contribution in [0.4, 0.5) is 0 Å². The van der Waals surface area contributed by atoms with E-state index in [1.165, 1.54) is 0 Å². The van der Waals surface area contributed by atoms with Gasteiger partial charge in [-0.25, -0.2) is 0 Å². The van der Waals surface area contributed by atoms with E-state index in [-0.39, 0.29) is 13.2 Å². The van der Waals surface area contributed by atoms with Gasteiger partial charge in [-0.15, -0.1) is 0 Å². The van der Waals surface area contributed by atoms with Crippen molar-refractivity contribution >= 4 is 0 Å². The SMILES string of the molecule is O[C@H]1[C@@H]2OC(c3ccccc3)OC[C@H]2OC(OCc2ccccc2)[C@@H]1O. The fourth-order valence-electron chi connectivity index (χ4n) is 3.25. The summed E-state index contributed by atoms with van der Waals surface area (Å²) in [5.74, 6) is 0. The maximum atomic E-state index is 10.5. The van der Waals surface area contributed by atoms with Gasteiger partial charge in [-0.3, -0.25) is 0 Å². The van der Waals surface area contributed by atoms with E-state index in [0.29, 0.717) is 0 Å². The zero-order valence-electron chi connectivity index (χ0n) is 14.2. The van der Waals surface area contributed by atoms with Crippen LogP contribution in [0.2, 0.25) is 0 Å². The van der Waals surface area contributed by atoms with Crippen LogP contribution in [0.25, 0.3) is 0 Å². The molecule has 0 bridgehead atoms. The van der Waals surface area contributed by atoms with Crippen LogP contribution in [-0.2, 0) is 25.6 Å². The quantitative estimate of drug-likeness (QED) is 0.867. The lowest BCUT2D eigenvalue weighted by Crippen LogP contribution is -2.62. The van der Waals surface area contributed by atoms with Crippen molar-refractivity contribution in [2.24, 2.45) is 0 Å². The Morgan fingerprint density at radius 3 is 2.31 bits per heavy atom. The van der Waals surface area contributed by atoms with Gasteiger partial charge in [0, 0.05) is 5.56 Å². The van der Waals surface area contributed by atoms with E-state index in [4.69, 9.17) is 18.9 Å². The molecule has 2 saturated heterocycles. The van der Waals surface area contributed by atoms with Crippen LogP contribution in [0.3, 0.4) is 0 Å². The summed E-state index contributed by atoms with van der Waals surface area (Å²) in [6, 6.07) is 19.1. The number of benzene rings is 2. The molecule has 2 aromatic rings. The van der Waals surface area contributed by atoms with Crippen molar-refractivity contribution in [2.45, 2.75) is 43.6 Å². The van der Waals surface area contributed by atoms with Gasteiger partial charge in [-0.2, -0.15) is 0 Å². The number of hydrogen-bond donors (Lipinski definition) is 2. The van der Waals surface area contributed by atoms with Crippen molar-refractivity contribution in [1.82, 2.24) is 0 Å². The molecular formula is C20H22O6. The van der Waals surface area contributed by atoms with Gasteiger partial charge in [0.2, 0.25) is 0 Å². The Morgan fingerprint density at radius 1 is 0.885 bits per heavy atom. The highest BCUT2D eigenvalue weighted by molar-refractivity contribution is 5.17. The number of aliphatic hydroxyl groups is 2. The number of rotatable bonds is 4. The molecule has 2 fully saturated rings. The zero-order valence-corrected chi connectivity index (χ0v) is 14.2. The molecule has 2 heterocycles. The molecule has 6 heteroatoms. The van der Waals surface area contributed by atoms with Gasteiger partial charge in [-0.05, 0) is 5.56 Å². The molecule has 0 radical (unpaired) electrons. The lowest BCUT2D eigenvalue weighted by molar-refractivity contribution is -0.362. The Labute approximate surface area is 151 Å². The zero-order chi connectivity index (χ0) is 17.9. The van der Waals surface area contributed by atoms with Crippen molar-refractivity contribution in [3.05, 3.63) is 71.8 Å². The molecule has 6 atom stereocenters. The van der Waals surface area contributed by atoms with Crippen molar-refractivity contribution < 1.29 is 29.2 Å². The minimum atomic E-state index is -1.20. The second kappa shape index (κ2) is 7.84. The minimum absolute atomic E-state index is 0.249. The third kappa shape index (κ3) is 3.66. The molecule has 26 heavy (non-hydrogen) atoms. The second-order valence-electron chi connectivity index (χ2n) is 6.50. The highest BCUT2D eigenvalue weighted by Crippen LogP contribution is 2.34. The molecule has 2 aliphatic heterocycles. The van der Waals surface area contributed by atoms with Crippen LogP contribution in [0.15, 0.2) is 60.7 Å². The summed E-state index contributed by atoms with van der Waals surface area (Å²) in [6.45, 7) is 0.528. The second-order valence-corrected chi connectivity index (χ2v) is 6.50. The van der Waals surface area contributed by atoms with Gasteiger partial charge in [0.1, 0.15) is 24.4 Å². The fourth-order valence-corrected chi connectivity index (χ4v) is 3.25. The van der Waals surface area contributed by atoms with Gasteiger partial charge in [0.25, 0.3) is 0 Å². The van der Waals surface area contributed by atoms with Crippen LogP contribution in [0, 0.1) is 0 Å². The third-order valence-electron chi connectivity index (χ3n) is 4.66. The first-order valence-corrected chi connectivity index (χ1v) is 8.71. The summed E-state index contributed by atoms with van der Waals surface area (Å²) in [4.78, 5) is 0. The van der Waals surface area contributed by atoms with Gasteiger partial charge in [0.15, 0.2) is 12.6 Å². The molecule has 0 saturated carbocycles. The highest BCUT2D eigenvalue weighted by atomic mass is 16.8. The number of ether oxygens (including phenoxy) is 4. The van der Waals surface area contributed by atoms with E-state index in [0.717, 1.165) is 11.1 Å². The minimum Gasteiger partial charge on any atom is -0.387 e. The number of fused-ring (bicyclic) bond motifs is 1. The van der Waals surface area contributed by atoms with Crippen molar-refractivity contribution in [3.63, 3.8) is 0 Å². The Hall–Kier alpha value is -1.80. The largest absolute Gasteiger partial charge is 0.387 e. The topological polar surface area (TPSA) is 77.4 Å². The monoisotopic (exact) mass is 358 g/mol. The van der Waals surface area contributed by atoms with E-state index in [1.54, 1.807) is 0 Å². The Bertz CT molecular complexity index is 692. The van der Waals surface area contributed by atoms with Crippen LogP contribution < -0.4 is 0 Å². The first-order valence-electron chi connectivity index (χ1n) is 8.71. The molecule has 0 aliphatic carbocycles. The molecule has 2 N–H and O–H groups in total. The maximum absolute atomic E-state index is 10.5. The first kappa shape index (κ1) is 17.6. The first-order chi connectivity index (χ1) is 12.7. The van der Waals surface area contributed by atoms with Gasteiger partial charge < -0.3 is 29.2 Å². The normalized spacial score (nSPS) is 34.2. The van der Waals surface area contributed by atoms with E-state index in [1.807, 2.05) is 60.7 Å². The van der Waals surface area contributed by atoms with Crippen molar-refractivity contribution in [2.75, 3.05) is 6.61 Å². The standard InChI is InChI=1S/C20H22O6/c21-16-17(22)20(23-11-13-7-3-1-4-8-13)25-15-12-24-19(26-18(15)16)14-9-5-2-6-10-14/h1-10,15-22H,11-12H2/t15-,16-,17-,18-,19?,20?/m1/s1. The van der Waals surface area contributed by atoms with Crippen molar-refractivity contribution in [3.8, 4) is 0 Å². The lowest BCUT2D eigenvalue weighted by atomic mass is 9.98. The van der Waals surface area contributed by atoms with Crippen LogP contribution >= 0.6 is 0 Å². The third-order valence-corrected chi connectivity index (χ3v) is 4.66. The molecule has 4 rings (SSSR count). The van der Waals surface area contributed by atoms with Gasteiger partial charge in [0.05, 0.1) is 13.2 Å². The van der Waals surface area contributed by atoms with E-state index in [9.17, 15) is 10.2 Å². The average Bonchev–Trinajstić information content (AvgIpc) is 2.71. The Morgan fingerprint density at radius 2 is 1.58 bits per heavy atom. The van der Waals surface area contributed by atoms with Crippen LogP contribution in [0.1, 0.15) is 17.4 Å². The van der Waals surface area contributed by atoms with E-state index in [2.05, 4.69) is 0 Å². The lowest BCUT2D eigenvalue weighted by Gasteiger charge is -2.46. The predicted molar refractivity (Wildman–Crippen MR) is 91.9 cm³/mol. The molecule has 0 amide bonds. The maximum Gasteiger partial charge on any atom is 0.187 e. The summed E-state index contributed by atoms with van der Waals surface area (Å²) in [6.07, 6.45) is -5.04. The summed E-state index contributed by atoms with van der Waals surface area (Å²) >= 11 is 0. The van der Waals surface area contributed by atoms with Crippen molar-refractivity contribution in [1.29, 1.82) is 0 Å². The Balaban J connectivity index is 1.40. The van der Waals surface area contributed by atoms with Crippen LogP contribution in [0.5, 0.6) is 0 Å². The number of aliphatic hydroxyl groups excluding tert-OH is 2. The summed E-state index contributed by atoms with van der Waals surface area (Å²) in [5.41, 5.74) is 1.82. The summed E-state index contributed by atoms with van der Waals surface area (Å²) in [5, 5.41) is 20.9.